The van der Waals surface area contributed by atoms with Gasteiger partial charge in [0.05, 0.1) is 0 Å². The molecule has 0 radical (unpaired) electrons. The van der Waals surface area contributed by atoms with E-state index in [2.05, 4.69) is 12.2 Å². The van der Waals surface area contributed by atoms with Crippen molar-refractivity contribution < 1.29 is 4.39 Å². The fourth-order valence-electron chi connectivity index (χ4n) is 2.54. The molecule has 0 bridgehead atoms. The maximum Gasteiger partial charge on any atom is 0.123 e. The highest BCUT2D eigenvalue weighted by molar-refractivity contribution is 5.41. The van der Waals surface area contributed by atoms with E-state index < -0.39 is 0 Å². The second-order valence-corrected chi connectivity index (χ2v) is 4.24. The number of fused-ring (bicyclic) bond motifs is 1. The number of hydrogen-bond donors (Lipinski definition) is 1. The molecule has 1 aromatic carbocycles. The molecule has 0 heterocycles. The van der Waals surface area contributed by atoms with Crippen LogP contribution in [0.25, 0.3) is 0 Å². The molecular formula is C12H16FN. The lowest BCUT2D eigenvalue weighted by molar-refractivity contribution is 0.445. The van der Waals surface area contributed by atoms with Gasteiger partial charge in [-0.1, -0.05) is 6.92 Å². The first-order chi connectivity index (χ1) is 6.63. The molecule has 14 heavy (non-hydrogen) atoms. The van der Waals surface area contributed by atoms with Gasteiger partial charge in [0.25, 0.3) is 0 Å². The minimum absolute atomic E-state index is 0.115. The number of benzene rings is 1. The molecule has 2 rings (SSSR count). The van der Waals surface area contributed by atoms with Gasteiger partial charge in [-0.15, -0.1) is 0 Å². The van der Waals surface area contributed by atoms with Crippen molar-refractivity contribution in [3.63, 3.8) is 0 Å². The van der Waals surface area contributed by atoms with Crippen LogP contribution in [0.4, 0.5) is 4.39 Å². The lowest BCUT2D eigenvalue weighted by Crippen LogP contribution is -2.19. The van der Waals surface area contributed by atoms with Crippen molar-refractivity contribution in [2.45, 2.75) is 26.3 Å². The van der Waals surface area contributed by atoms with Crippen molar-refractivity contribution in [1.29, 1.82) is 0 Å². The fourth-order valence-corrected chi connectivity index (χ4v) is 2.54. The Morgan fingerprint density at radius 2 is 2.14 bits per heavy atom. The molecule has 0 saturated heterocycles. The molecule has 0 aromatic heterocycles. The van der Waals surface area contributed by atoms with Gasteiger partial charge in [-0.05, 0) is 55.1 Å². The molecule has 2 atom stereocenters. The largest absolute Gasteiger partial charge is 0.313 e. The summed E-state index contributed by atoms with van der Waals surface area (Å²) in [6.07, 6.45) is 1.06. The molecular weight excluding hydrogens is 177 g/mol. The zero-order valence-corrected chi connectivity index (χ0v) is 8.89. The standard InChI is InChI=1S/C12H16FN/c1-7-4-9(13)6-11-10(7)5-8(2)12(11)14-3/h4,6,8,12,14H,5H2,1-3H3. The summed E-state index contributed by atoms with van der Waals surface area (Å²) < 4.78 is 13.2. The maximum absolute atomic E-state index is 13.2. The zero-order chi connectivity index (χ0) is 10.3. The molecule has 2 heteroatoms. The number of aryl methyl sites for hydroxylation is 1. The van der Waals surface area contributed by atoms with E-state index in [4.69, 9.17) is 0 Å². The molecule has 1 aromatic rings. The highest BCUT2D eigenvalue weighted by atomic mass is 19.1. The normalized spacial score (nSPS) is 25.1. The molecule has 1 N–H and O–H groups in total. The third kappa shape index (κ3) is 1.34. The van der Waals surface area contributed by atoms with Gasteiger partial charge in [-0.25, -0.2) is 4.39 Å². The summed E-state index contributed by atoms with van der Waals surface area (Å²) >= 11 is 0. The van der Waals surface area contributed by atoms with Crippen molar-refractivity contribution in [2.75, 3.05) is 7.05 Å². The lowest BCUT2D eigenvalue weighted by atomic mass is 10.0. The van der Waals surface area contributed by atoms with Gasteiger partial charge in [-0.3, -0.25) is 0 Å². The van der Waals surface area contributed by atoms with E-state index in [9.17, 15) is 4.39 Å². The molecule has 1 aliphatic carbocycles. The first kappa shape index (κ1) is 9.66. The van der Waals surface area contributed by atoms with E-state index in [0.717, 1.165) is 17.5 Å². The van der Waals surface area contributed by atoms with Crippen LogP contribution in [0, 0.1) is 18.7 Å². The van der Waals surface area contributed by atoms with E-state index in [1.165, 1.54) is 5.56 Å². The van der Waals surface area contributed by atoms with Gasteiger partial charge in [-0.2, -0.15) is 0 Å². The summed E-state index contributed by atoms with van der Waals surface area (Å²) in [6.45, 7) is 4.20. The van der Waals surface area contributed by atoms with E-state index >= 15 is 0 Å². The van der Waals surface area contributed by atoms with E-state index in [0.29, 0.717) is 12.0 Å². The summed E-state index contributed by atoms with van der Waals surface area (Å²) in [4.78, 5) is 0. The van der Waals surface area contributed by atoms with E-state index in [1.54, 1.807) is 12.1 Å². The molecule has 0 spiro atoms. The molecule has 2 unspecified atom stereocenters. The van der Waals surface area contributed by atoms with Crippen molar-refractivity contribution >= 4 is 0 Å². The monoisotopic (exact) mass is 193 g/mol. The minimum Gasteiger partial charge on any atom is -0.313 e. The molecule has 1 nitrogen and oxygen atoms in total. The van der Waals surface area contributed by atoms with Crippen LogP contribution in [0.1, 0.15) is 29.7 Å². The Morgan fingerprint density at radius 3 is 2.79 bits per heavy atom. The summed E-state index contributed by atoms with van der Waals surface area (Å²) in [7, 11) is 1.94. The van der Waals surface area contributed by atoms with Gasteiger partial charge in [0.15, 0.2) is 0 Å². The topological polar surface area (TPSA) is 12.0 Å². The first-order valence-electron chi connectivity index (χ1n) is 5.09. The van der Waals surface area contributed by atoms with Crippen LogP contribution in [-0.2, 0) is 6.42 Å². The van der Waals surface area contributed by atoms with Crippen LogP contribution in [-0.4, -0.2) is 7.05 Å². The fraction of sp³-hybridized carbons (Fsp3) is 0.500. The average molecular weight is 193 g/mol. The van der Waals surface area contributed by atoms with E-state index in [1.807, 2.05) is 14.0 Å². The zero-order valence-electron chi connectivity index (χ0n) is 8.89. The quantitative estimate of drug-likeness (QED) is 0.723. The molecule has 0 fully saturated rings. The first-order valence-corrected chi connectivity index (χ1v) is 5.09. The summed E-state index contributed by atoms with van der Waals surface area (Å²) in [5.41, 5.74) is 3.57. The second-order valence-electron chi connectivity index (χ2n) is 4.24. The number of hydrogen-bond acceptors (Lipinski definition) is 1. The Labute approximate surface area is 84.3 Å². The number of nitrogens with one attached hydrogen (secondary N) is 1. The number of halogens is 1. The van der Waals surface area contributed by atoms with Gasteiger partial charge in [0, 0.05) is 6.04 Å². The summed E-state index contributed by atoms with van der Waals surface area (Å²) in [6, 6.07) is 3.62. The minimum atomic E-state index is -0.115. The Bertz CT molecular complexity index is 360. The molecule has 76 valence electrons. The summed E-state index contributed by atoms with van der Waals surface area (Å²) in [5, 5.41) is 3.26. The van der Waals surface area contributed by atoms with Crippen LogP contribution in [0.2, 0.25) is 0 Å². The SMILES string of the molecule is CNC1c2cc(F)cc(C)c2CC1C. The molecule has 0 aliphatic heterocycles. The van der Waals surface area contributed by atoms with Crippen molar-refractivity contribution in [3.8, 4) is 0 Å². The van der Waals surface area contributed by atoms with Crippen LogP contribution in [0.15, 0.2) is 12.1 Å². The lowest BCUT2D eigenvalue weighted by Gasteiger charge is -2.15. The van der Waals surface area contributed by atoms with Gasteiger partial charge in [0.2, 0.25) is 0 Å². The molecule has 1 aliphatic rings. The van der Waals surface area contributed by atoms with Crippen molar-refractivity contribution in [3.05, 3.63) is 34.6 Å². The molecule has 0 amide bonds. The van der Waals surface area contributed by atoms with Crippen LogP contribution < -0.4 is 5.32 Å². The predicted molar refractivity (Wildman–Crippen MR) is 55.8 cm³/mol. The van der Waals surface area contributed by atoms with Crippen LogP contribution >= 0.6 is 0 Å². The number of rotatable bonds is 1. The van der Waals surface area contributed by atoms with Crippen molar-refractivity contribution in [2.24, 2.45) is 5.92 Å². The van der Waals surface area contributed by atoms with E-state index in [-0.39, 0.29) is 5.82 Å². The third-order valence-electron chi connectivity index (χ3n) is 3.21. The Balaban J connectivity index is 2.53. The Kier molecular flexibility index (Phi) is 2.31. The Hall–Kier alpha value is -0.890. The van der Waals surface area contributed by atoms with Crippen molar-refractivity contribution in [1.82, 2.24) is 5.32 Å². The average Bonchev–Trinajstić information content (AvgIpc) is 2.41. The second kappa shape index (κ2) is 3.35. The maximum atomic E-state index is 13.2. The third-order valence-corrected chi connectivity index (χ3v) is 3.21. The smallest absolute Gasteiger partial charge is 0.123 e. The molecule has 0 saturated carbocycles. The predicted octanol–water partition coefficient (Wildman–Crippen LogP) is 2.59. The van der Waals surface area contributed by atoms with Crippen LogP contribution in [0.5, 0.6) is 0 Å². The van der Waals surface area contributed by atoms with Gasteiger partial charge >= 0.3 is 0 Å². The highest BCUT2D eigenvalue weighted by Crippen LogP contribution is 2.37. The highest BCUT2D eigenvalue weighted by Gasteiger charge is 2.29. The van der Waals surface area contributed by atoms with Gasteiger partial charge < -0.3 is 5.32 Å². The van der Waals surface area contributed by atoms with Crippen LogP contribution in [0.3, 0.4) is 0 Å². The summed E-state index contributed by atoms with van der Waals surface area (Å²) in [5.74, 6) is 0.450. The Morgan fingerprint density at radius 1 is 1.43 bits per heavy atom. The van der Waals surface area contributed by atoms with Gasteiger partial charge in [0.1, 0.15) is 5.82 Å².